The first kappa shape index (κ1) is 24.9. The highest BCUT2D eigenvalue weighted by atomic mass is 35.5. The second kappa shape index (κ2) is 11.1. The predicted octanol–water partition coefficient (Wildman–Crippen LogP) is 5.17. The van der Waals surface area contributed by atoms with Gasteiger partial charge in [0, 0.05) is 42.0 Å². The van der Waals surface area contributed by atoms with Crippen LogP contribution in [0.25, 0.3) is 16.9 Å². The second-order valence-electron chi connectivity index (χ2n) is 8.91. The van der Waals surface area contributed by atoms with Crippen LogP contribution >= 0.6 is 11.6 Å². The number of carbonyl (C=O) groups excluding carboxylic acids is 2. The third-order valence-corrected chi connectivity index (χ3v) is 6.56. The third-order valence-electron chi connectivity index (χ3n) is 6.30. The van der Waals surface area contributed by atoms with E-state index in [0.717, 1.165) is 29.7 Å². The lowest BCUT2D eigenvalue weighted by molar-refractivity contribution is -0.135. The summed E-state index contributed by atoms with van der Waals surface area (Å²) >= 11 is 6.06. The minimum Gasteiger partial charge on any atom is -0.376 e. The fourth-order valence-electron chi connectivity index (χ4n) is 4.15. The van der Waals surface area contributed by atoms with Gasteiger partial charge in [-0.1, -0.05) is 36.7 Å². The molecule has 1 N–H and O–H groups in total. The number of aromatic nitrogens is 2. The smallest absolute Gasteiger partial charge is 0.246 e. The first-order valence-electron chi connectivity index (χ1n) is 12.0. The van der Waals surface area contributed by atoms with Crippen LogP contribution in [0.1, 0.15) is 37.3 Å². The average molecular weight is 495 g/mol. The Bertz CT molecular complexity index is 1200. The summed E-state index contributed by atoms with van der Waals surface area (Å²) in [5, 5.41) is 3.57. The molecule has 1 fully saturated rings. The van der Waals surface area contributed by atoms with Crippen molar-refractivity contribution in [2.75, 3.05) is 25.0 Å². The van der Waals surface area contributed by atoms with Gasteiger partial charge in [0.1, 0.15) is 6.54 Å². The van der Waals surface area contributed by atoms with Crippen LogP contribution in [0.15, 0.2) is 48.7 Å². The minimum atomic E-state index is -0.303. The lowest BCUT2D eigenvalue weighted by atomic mass is 10.1. The Hall–Kier alpha value is -3.16. The van der Waals surface area contributed by atoms with E-state index in [4.69, 9.17) is 21.3 Å². The zero-order chi connectivity index (χ0) is 24.9. The molecule has 8 heteroatoms. The molecule has 7 nitrogen and oxygen atoms in total. The molecule has 2 heterocycles. The summed E-state index contributed by atoms with van der Waals surface area (Å²) in [6.07, 6.45) is 4.08. The maximum Gasteiger partial charge on any atom is 0.246 e. The summed E-state index contributed by atoms with van der Waals surface area (Å²) in [5.41, 5.74) is 4.79. The van der Waals surface area contributed by atoms with Gasteiger partial charge in [0.2, 0.25) is 17.8 Å². The number of hydrogen-bond acceptors (Lipinski definition) is 4. The molecule has 0 aliphatic carbocycles. The molecular weight excluding hydrogens is 464 g/mol. The van der Waals surface area contributed by atoms with E-state index < -0.39 is 0 Å². The molecule has 184 valence electrons. The molecule has 1 atom stereocenters. The fourth-order valence-corrected chi connectivity index (χ4v) is 4.28. The number of hydrogen-bond donors (Lipinski definition) is 1. The molecule has 3 aromatic rings. The monoisotopic (exact) mass is 494 g/mol. The van der Waals surface area contributed by atoms with E-state index in [1.165, 1.54) is 5.56 Å². The van der Waals surface area contributed by atoms with Crippen LogP contribution in [0.4, 0.5) is 5.95 Å². The second-order valence-corrected chi connectivity index (χ2v) is 9.34. The van der Waals surface area contributed by atoms with E-state index >= 15 is 0 Å². The number of benzene rings is 2. The van der Waals surface area contributed by atoms with Gasteiger partial charge >= 0.3 is 0 Å². The molecule has 0 bridgehead atoms. The normalized spacial score (nSPS) is 15.3. The lowest BCUT2D eigenvalue weighted by Crippen LogP contribution is -2.42. The number of halogens is 1. The molecule has 0 spiro atoms. The van der Waals surface area contributed by atoms with E-state index in [1.807, 2.05) is 54.1 Å². The highest BCUT2D eigenvalue weighted by molar-refractivity contribution is 6.30. The van der Waals surface area contributed by atoms with E-state index in [9.17, 15) is 9.59 Å². The molecular formula is C27H31ClN4O3. The standard InChI is InChI=1S/C27H31ClN4O3/c1-4-26(34)31(15-23-6-5-13-35-23)17-25(33)30-27-29-24(20-8-10-21(28)11-9-20)16-32(27)22-12-7-18(2)19(3)14-22/h7-12,14,16,23H,4-6,13,15,17H2,1-3H3,(H,29,30,33)/t23-/m1/s1. The maximum atomic E-state index is 13.1. The number of anilines is 1. The molecule has 1 saturated heterocycles. The number of rotatable bonds is 8. The first-order chi connectivity index (χ1) is 16.8. The molecule has 0 radical (unpaired) electrons. The van der Waals surface area contributed by atoms with Gasteiger partial charge in [-0.3, -0.25) is 19.5 Å². The summed E-state index contributed by atoms with van der Waals surface area (Å²) in [7, 11) is 0. The number of imidazole rings is 1. The molecule has 35 heavy (non-hydrogen) atoms. The van der Waals surface area contributed by atoms with Crippen LogP contribution in [0.3, 0.4) is 0 Å². The van der Waals surface area contributed by atoms with Gasteiger partial charge in [-0.05, 0) is 62.1 Å². The van der Waals surface area contributed by atoms with Gasteiger partial charge < -0.3 is 9.64 Å². The van der Waals surface area contributed by atoms with Crippen molar-refractivity contribution in [2.24, 2.45) is 0 Å². The van der Waals surface area contributed by atoms with Crippen molar-refractivity contribution in [2.45, 2.75) is 46.1 Å². The quantitative estimate of drug-likeness (QED) is 0.469. The Morgan fingerprint density at radius 2 is 1.94 bits per heavy atom. The molecule has 0 unspecified atom stereocenters. The van der Waals surface area contributed by atoms with Crippen molar-refractivity contribution in [3.05, 3.63) is 64.8 Å². The van der Waals surface area contributed by atoms with Crippen LogP contribution in [0, 0.1) is 13.8 Å². The van der Waals surface area contributed by atoms with Crippen LogP contribution in [0.5, 0.6) is 0 Å². The number of carbonyl (C=O) groups is 2. The van der Waals surface area contributed by atoms with E-state index in [2.05, 4.69) is 18.3 Å². The number of amides is 2. The highest BCUT2D eigenvalue weighted by Gasteiger charge is 2.24. The Morgan fingerprint density at radius 3 is 2.60 bits per heavy atom. The van der Waals surface area contributed by atoms with Gasteiger partial charge in [0.25, 0.3) is 0 Å². The Kier molecular flexibility index (Phi) is 7.88. The highest BCUT2D eigenvalue weighted by Crippen LogP contribution is 2.26. The molecule has 1 aliphatic heterocycles. The molecule has 2 amide bonds. The zero-order valence-electron chi connectivity index (χ0n) is 20.4. The predicted molar refractivity (Wildman–Crippen MR) is 138 cm³/mol. The molecule has 1 aliphatic rings. The summed E-state index contributed by atoms with van der Waals surface area (Å²) in [5.74, 6) is 0.0161. The minimum absolute atomic E-state index is 0.0210. The number of ether oxygens (including phenoxy) is 1. The number of aryl methyl sites for hydroxylation is 2. The van der Waals surface area contributed by atoms with Crippen LogP contribution in [0.2, 0.25) is 5.02 Å². The number of nitrogens with zero attached hydrogens (tertiary/aromatic N) is 3. The maximum absolute atomic E-state index is 13.1. The molecule has 2 aromatic carbocycles. The van der Waals surface area contributed by atoms with Gasteiger partial charge in [-0.25, -0.2) is 4.98 Å². The van der Waals surface area contributed by atoms with Crippen molar-refractivity contribution < 1.29 is 14.3 Å². The van der Waals surface area contributed by atoms with Gasteiger partial charge in [-0.15, -0.1) is 0 Å². The van der Waals surface area contributed by atoms with Gasteiger partial charge in [0.05, 0.1) is 11.8 Å². The van der Waals surface area contributed by atoms with Crippen molar-refractivity contribution in [3.63, 3.8) is 0 Å². The molecule has 4 rings (SSSR count). The van der Waals surface area contributed by atoms with Gasteiger partial charge in [0.15, 0.2) is 0 Å². The molecule has 0 saturated carbocycles. The van der Waals surface area contributed by atoms with Crippen LogP contribution < -0.4 is 5.32 Å². The Morgan fingerprint density at radius 1 is 1.17 bits per heavy atom. The summed E-state index contributed by atoms with van der Waals surface area (Å²) in [6, 6.07) is 13.5. The molecule has 1 aromatic heterocycles. The van der Waals surface area contributed by atoms with Crippen LogP contribution in [-0.2, 0) is 14.3 Å². The van der Waals surface area contributed by atoms with Crippen molar-refractivity contribution in [1.29, 1.82) is 0 Å². The van der Waals surface area contributed by atoms with E-state index in [-0.39, 0.29) is 24.5 Å². The lowest BCUT2D eigenvalue weighted by Gasteiger charge is -2.24. The zero-order valence-corrected chi connectivity index (χ0v) is 21.1. The van der Waals surface area contributed by atoms with Crippen LogP contribution in [-0.4, -0.2) is 52.1 Å². The fraction of sp³-hybridized carbons (Fsp3) is 0.370. The average Bonchev–Trinajstić information content (AvgIpc) is 3.50. The first-order valence-corrected chi connectivity index (χ1v) is 12.3. The van der Waals surface area contributed by atoms with Crippen molar-refractivity contribution in [1.82, 2.24) is 14.5 Å². The topological polar surface area (TPSA) is 76.5 Å². The largest absolute Gasteiger partial charge is 0.376 e. The van der Waals surface area contributed by atoms with E-state index in [0.29, 0.717) is 36.2 Å². The van der Waals surface area contributed by atoms with Crippen molar-refractivity contribution >= 4 is 29.4 Å². The summed E-state index contributed by atoms with van der Waals surface area (Å²) in [6.45, 7) is 6.97. The Balaban J connectivity index is 1.61. The SMILES string of the molecule is CCC(=O)N(CC(=O)Nc1nc(-c2ccc(Cl)cc2)cn1-c1ccc(C)c(C)c1)C[C@H]1CCCO1. The third kappa shape index (κ3) is 6.10. The van der Waals surface area contributed by atoms with E-state index in [1.54, 1.807) is 11.8 Å². The Labute approximate surface area is 211 Å². The summed E-state index contributed by atoms with van der Waals surface area (Å²) in [4.78, 5) is 31.9. The number of nitrogens with one attached hydrogen (secondary N) is 1. The van der Waals surface area contributed by atoms with Crippen molar-refractivity contribution in [3.8, 4) is 16.9 Å². The van der Waals surface area contributed by atoms with Gasteiger partial charge in [-0.2, -0.15) is 0 Å². The summed E-state index contributed by atoms with van der Waals surface area (Å²) < 4.78 is 7.55.